The Balaban J connectivity index is 2.22. The molecule has 0 unspecified atom stereocenters. The lowest BCUT2D eigenvalue weighted by atomic mass is 9.84. The van der Waals surface area contributed by atoms with Crippen molar-refractivity contribution < 1.29 is 33.4 Å². The number of carbonyl (C=O) groups excluding carboxylic acids is 4. The van der Waals surface area contributed by atoms with Crippen molar-refractivity contribution in [3.05, 3.63) is 30.3 Å². The van der Waals surface area contributed by atoms with Gasteiger partial charge in [0, 0.05) is 13.8 Å². The van der Waals surface area contributed by atoms with Gasteiger partial charge in [-0.15, -0.1) is 0 Å². The van der Waals surface area contributed by atoms with Crippen LogP contribution in [0, 0.1) is 5.41 Å². The predicted octanol–water partition coefficient (Wildman–Crippen LogP) is 1.00. The molecule has 0 spiro atoms. The summed E-state index contributed by atoms with van der Waals surface area (Å²) >= 11 is 0. The summed E-state index contributed by atoms with van der Waals surface area (Å²) in [5.41, 5.74) is -2.37. The Bertz CT molecular complexity index is 625. The number of rotatable bonds is 3. The van der Waals surface area contributed by atoms with E-state index in [4.69, 9.17) is 14.2 Å². The van der Waals surface area contributed by atoms with E-state index in [1.54, 1.807) is 18.2 Å². The first-order chi connectivity index (χ1) is 10.2. The summed E-state index contributed by atoms with van der Waals surface area (Å²) in [5.74, 6) is -6.36. The SMILES string of the molecule is CC1(C)OC(=O)C(C)(C(=O)C(=O)Oc2ccccc2)C(=O)O1. The molecule has 1 saturated heterocycles. The van der Waals surface area contributed by atoms with Gasteiger partial charge in [-0.1, -0.05) is 18.2 Å². The smallest absolute Gasteiger partial charge is 0.381 e. The van der Waals surface area contributed by atoms with E-state index >= 15 is 0 Å². The number of hydrogen-bond donors (Lipinski definition) is 0. The second-order valence-electron chi connectivity index (χ2n) is 5.34. The maximum Gasteiger partial charge on any atom is 0.381 e. The molecule has 0 aliphatic carbocycles. The van der Waals surface area contributed by atoms with Gasteiger partial charge in [-0.25, -0.2) is 4.79 Å². The minimum absolute atomic E-state index is 0.113. The molecule has 7 heteroatoms. The van der Waals surface area contributed by atoms with E-state index < -0.39 is 34.9 Å². The van der Waals surface area contributed by atoms with Crippen LogP contribution in [-0.2, 0) is 28.7 Å². The van der Waals surface area contributed by atoms with Gasteiger partial charge in [0.1, 0.15) is 5.75 Å². The topological polar surface area (TPSA) is 96.0 Å². The summed E-state index contributed by atoms with van der Waals surface area (Å²) in [6, 6.07) is 7.79. The number of hydrogen-bond acceptors (Lipinski definition) is 7. The van der Waals surface area contributed by atoms with Gasteiger partial charge in [0.2, 0.25) is 5.41 Å². The number of Topliss-reactive ketones (excluding diaryl/α,β-unsaturated/α-hetero) is 1. The van der Waals surface area contributed by atoms with Gasteiger partial charge >= 0.3 is 17.9 Å². The molecule has 0 N–H and O–H groups in total. The highest BCUT2D eigenvalue weighted by Gasteiger charge is 2.60. The molecule has 0 bridgehead atoms. The second-order valence-corrected chi connectivity index (χ2v) is 5.34. The number of esters is 3. The lowest BCUT2D eigenvalue weighted by molar-refractivity contribution is -0.247. The second kappa shape index (κ2) is 5.25. The third-order valence-corrected chi connectivity index (χ3v) is 3.09. The summed E-state index contributed by atoms with van der Waals surface area (Å²) in [6.07, 6.45) is 0. The van der Waals surface area contributed by atoms with Gasteiger partial charge in [0.15, 0.2) is 0 Å². The molecule has 1 fully saturated rings. The average molecular weight is 306 g/mol. The van der Waals surface area contributed by atoms with E-state index in [9.17, 15) is 19.2 Å². The van der Waals surface area contributed by atoms with Gasteiger partial charge in [-0.3, -0.25) is 14.4 Å². The highest BCUT2D eigenvalue weighted by molar-refractivity contribution is 6.45. The molecule has 1 aliphatic rings. The molecule has 22 heavy (non-hydrogen) atoms. The molecule has 0 radical (unpaired) electrons. The number of cyclic esters (lactones) is 2. The number of carbonyl (C=O) groups is 4. The van der Waals surface area contributed by atoms with E-state index in [2.05, 4.69) is 0 Å². The Labute approximate surface area is 126 Å². The third kappa shape index (κ3) is 2.69. The number of para-hydroxylation sites is 1. The first kappa shape index (κ1) is 15.7. The fraction of sp³-hybridized carbons (Fsp3) is 0.333. The summed E-state index contributed by atoms with van der Waals surface area (Å²) in [4.78, 5) is 48.0. The van der Waals surface area contributed by atoms with E-state index in [1.165, 1.54) is 26.0 Å². The van der Waals surface area contributed by atoms with E-state index in [-0.39, 0.29) is 5.75 Å². The fourth-order valence-corrected chi connectivity index (χ4v) is 1.79. The van der Waals surface area contributed by atoms with Crippen molar-refractivity contribution in [3.63, 3.8) is 0 Å². The lowest BCUT2D eigenvalue weighted by Gasteiger charge is -2.36. The van der Waals surface area contributed by atoms with Crippen LogP contribution in [0.1, 0.15) is 20.8 Å². The summed E-state index contributed by atoms with van der Waals surface area (Å²) in [7, 11) is 0. The average Bonchev–Trinajstić information content (AvgIpc) is 2.44. The van der Waals surface area contributed by atoms with Crippen LogP contribution >= 0.6 is 0 Å². The van der Waals surface area contributed by atoms with Gasteiger partial charge in [0.05, 0.1) is 0 Å². The largest absolute Gasteiger partial charge is 0.422 e. The molecule has 0 atom stereocenters. The fourth-order valence-electron chi connectivity index (χ4n) is 1.79. The van der Waals surface area contributed by atoms with Crippen molar-refractivity contribution in [1.82, 2.24) is 0 Å². The first-order valence-corrected chi connectivity index (χ1v) is 6.45. The molecule has 116 valence electrons. The van der Waals surface area contributed by atoms with Crippen LogP contribution in [0.2, 0.25) is 0 Å². The van der Waals surface area contributed by atoms with Gasteiger partial charge in [-0.05, 0) is 19.1 Å². The zero-order valence-electron chi connectivity index (χ0n) is 12.2. The standard InChI is InChI=1S/C15H14O7/c1-14(2)21-12(18)15(3,13(19)22-14)10(16)11(17)20-9-7-5-4-6-8-9/h4-8H,1-3H3. The predicted molar refractivity (Wildman–Crippen MR) is 71.5 cm³/mol. The van der Waals surface area contributed by atoms with Crippen LogP contribution in [0.3, 0.4) is 0 Å². The molecule has 1 aliphatic heterocycles. The lowest BCUT2D eigenvalue weighted by Crippen LogP contribution is -2.58. The molecule has 7 nitrogen and oxygen atoms in total. The zero-order valence-corrected chi connectivity index (χ0v) is 12.2. The van der Waals surface area contributed by atoms with Gasteiger partial charge < -0.3 is 14.2 Å². The van der Waals surface area contributed by atoms with Crippen molar-refractivity contribution in [1.29, 1.82) is 0 Å². The minimum atomic E-state index is -2.37. The highest BCUT2D eigenvalue weighted by Crippen LogP contribution is 2.33. The molecule has 0 amide bonds. The molecule has 0 saturated carbocycles. The molecule has 0 aromatic heterocycles. The Morgan fingerprint density at radius 2 is 1.45 bits per heavy atom. The molecule has 1 heterocycles. The maximum atomic E-state index is 12.2. The van der Waals surface area contributed by atoms with E-state index in [1.807, 2.05) is 0 Å². The Kier molecular flexibility index (Phi) is 3.74. The Morgan fingerprint density at radius 3 is 1.95 bits per heavy atom. The van der Waals surface area contributed by atoms with Crippen molar-refractivity contribution in [2.45, 2.75) is 26.6 Å². The Morgan fingerprint density at radius 1 is 0.955 bits per heavy atom. The van der Waals surface area contributed by atoms with E-state index in [0.717, 1.165) is 6.92 Å². The molecule has 1 aromatic carbocycles. The van der Waals surface area contributed by atoms with Crippen LogP contribution in [0.5, 0.6) is 5.75 Å². The quantitative estimate of drug-likeness (QED) is 0.356. The van der Waals surface area contributed by atoms with Crippen LogP contribution in [0.15, 0.2) is 30.3 Å². The van der Waals surface area contributed by atoms with Crippen LogP contribution in [0.4, 0.5) is 0 Å². The van der Waals surface area contributed by atoms with Crippen LogP contribution < -0.4 is 4.74 Å². The number of ketones is 1. The normalized spacial score (nSPS) is 18.9. The van der Waals surface area contributed by atoms with Crippen LogP contribution in [-0.4, -0.2) is 29.5 Å². The van der Waals surface area contributed by atoms with Crippen LogP contribution in [0.25, 0.3) is 0 Å². The maximum absolute atomic E-state index is 12.2. The monoisotopic (exact) mass is 306 g/mol. The number of ether oxygens (including phenoxy) is 3. The van der Waals surface area contributed by atoms with Crippen molar-refractivity contribution >= 4 is 23.7 Å². The van der Waals surface area contributed by atoms with Crippen molar-refractivity contribution in [2.24, 2.45) is 5.41 Å². The molecular weight excluding hydrogens is 292 g/mol. The van der Waals surface area contributed by atoms with E-state index in [0.29, 0.717) is 0 Å². The summed E-state index contributed by atoms with van der Waals surface area (Å²) in [6.45, 7) is 3.66. The summed E-state index contributed by atoms with van der Waals surface area (Å²) in [5, 5.41) is 0. The molecule has 1 aromatic rings. The van der Waals surface area contributed by atoms with Gasteiger partial charge in [-0.2, -0.15) is 0 Å². The van der Waals surface area contributed by atoms with Crippen molar-refractivity contribution in [2.75, 3.05) is 0 Å². The molecule has 2 rings (SSSR count). The Hall–Kier alpha value is -2.70. The van der Waals surface area contributed by atoms with Gasteiger partial charge in [0.25, 0.3) is 11.6 Å². The summed E-state index contributed by atoms with van der Waals surface area (Å²) < 4.78 is 14.6. The minimum Gasteiger partial charge on any atom is -0.422 e. The number of benzene rings is 1. The zero-order chi connectivity index (χ0) is 16.5. The first-order valence-electron chi connectivity index (χ1n) is 6.45. The molecular formula is C15H14O7. The highest BCUT2D eigenvalue weighted by atomic mass is 16.7. The third-order valence-electron chi connectivity index (χ3n) is 3.09. The van der Waals surface area contributed by atoms with Crippen molar-refractivity contribution in [3.8, 4) is 5.75 Å².